The first-order chi connectivity index (χ1) is 17.2. The predicted octanol–water partition coefficient (Wildman–Crippen LogP) is 5.01. The highest BCUT2D eigenvalue weighted by Gasteiger charge is 2.35. The number of amidine groups is 2. The van der Waals surface area contributed by atoms with Crippen molar-refractivity contribution in [2.45, 2.75) is 6.42 Å². The SMILES string of the molecule is N=C1/C(=C/c2ccc(OCCOc3ccccc3)cc2)C(=O)N=C2SC(Cc3ccccc3)=NN12. The van der Waals surface area contributed by atoms with Gasteiger partial charge in [0.05, 0.1) is 5.57 Å². The van der Waals surface area contributed by atoms with E-state index in [4.69, 9.17) is 14.9 Å². The molecule has 0 radical (unpaired) electrons. The van der Waals surface area contributed by atoms with Gasteiger partial charge in [-0.1, -0.05) is 60.7 Å². The van der Waals surface area contributed by atoms with E-state index in [1.54, 1.807) is 6.08 Å². The van der Waals surface area contributed by atoms with E-state index in [-0.39, 0.29) is 11.4 Å². The van der Waals surface area contributed by atoms with Gasteiger partial charge in [-0.05, 0) is 53.2 Å². The van der Waals surface area contributed by atoms with Crippen LogP contribution in [-0.4, -0.2) is 40.2 Å². The Morgan fingerprint density at radius 2 is 1.49 bits per heavy atom. The van der Waals surface area contributed by atoms with E-state index in [1.807, 2.05) is 84.9 Å². The Morgan fingerprint density at radius 3 is 2.17 bits per heavy atom. The summed E-state index contributed by atoms with van der Waals surface area (Å²) in [5.74, 6) is 1.08. The van der Waals surface area contributed by atoms with Gasteiger partial charge in [0.1, 0.15) is 29.8 Å². The number of thioether (sulfide) groups is 1. The molecule has 35 heavy (non-hydrogen) atoms. The molecule has 0 aromatic heterocycles. The lowest BCUT2D eigenvalue weighted by Crippen LogP contribution is -2.35. The molecule has 0 aliphatic carbocycles. The molecular formula is C27H22N4O3S. The first-order valence-electron chi connectivity index (χ1n) is 11.1. The van der Waals surface area contributed by atoms with Gasteiger partial charge in [0.2, 0.25) is 5.17 Å². The highest BCUT2D eigenvalue weighted by atomic mass is 32.2. The molecule has 2 aliphatic heterocycles. The van der Waals surface area contributed by atoms with Crippen LogP contribution in [0, 0.1) is 5.41 Å². The van der Waals surface area contributed by atoms with Gasteiger partial charge in [-0.25, -0.2) is 0 Å². The summed E-state index contributed by atoms with van der Waals surface area (Å²) in [4.78, 5) is 16.8. The Kier molecular flexibility index (Phi) is 6.72. The summed E-state index contributed by atoms with van der Waals surface area (Å²) in [7, 11) is 0. The molecule has 0 bridgehead atoms. The van der Waals surface area contributed by atoms with Crippen molar-refractivity contribution in [1.82, 2.24) is 5.01 Å². The zero-order valence-corrected chi connectivity index (χ0v) is 19.6. The number of carbonyl (C=O) groups is 1. The number of carbonyl (C=O) groups excluding carboxylic acids is 1. The second kappa shape index (κ2) is 10.4. The minimum Gasteiger partial charge on any atom is -0.490 e. The smallest absolute Gasteiger partial charge is 0.283 e. The van der Waals surface area contributed by atoms with Crippen LogP contribution in [0.5, 0.6) is 11.5 Å². The van der Waals surface area contributed by atoms with Crippen LogP contribution < -0.4 is 9.47 Å². The lowest BCUT2D eigenvalue weighted by molar-refractivity contribution is -0.114. The minimum atomic E-state index is -0.441. The summed E-state index contributed by atoms with van der Waals surface area (Å²) in [6.45, 7) is 0.842. The molecule has 0 fully saturated rings. The number of fused-ring (bicyclic) bond motifs is 1. The average Bonchev–Trinajstić information content (AvgIpc) is 3.29. The largest absolute Gasteiger partial charge is 0.490 e. The van der Waals surface area contributed by atoms with Crippen LogP contribution in [0.25, 0.3) is 6.08 Å². The number of hydrogen-bond donors (Lipinski definition) is 1. The number of nitrogens with zero attached hydrogens (tertiary/aromatic N) is 3. The van der Waals surface area contributed by atoms with Gasteiger partial charge in [0.25, 0.3) is 5.91 Å². The van der Waals surface area contributed by atoms with E-state index < -0.39 is 5.91 Å². The third kappa shape index (κ3) is 5.50. The van der Waals surface area contributed by atoms with Crippen molar-refractivity contribution in [3.05, 3.63) is 102 Å². The van der Waals surface area contributed by atoms with Crippen LogP contribution in [-0.2, 0) is 11.2 Å². The number of hydrazone groups is 1. The molecule has 3 aromatic carbocycles. The summed E-state index contributed by atoms with van der Waals surface area (Å²) in [5, 5.41) is 15.7. The standard InChI is InChI=1S/C27H22N4O3S/c28-25-23(26(32)29-27-31(25)30-24(35-27)18-19-7-3-1-4-8-19)17-20-11-13-22(14-12-20)34-16-15-33-21-9-5-2-6-10-21/h1-14,17,28H,15-16,18H2/b23-17-,28-25?. The van der Waals surface area contributed by atoms with Crippen LogP contribution in [0.4, 0.5) is 0 Å². The maximum Gasteiger partial charge on any atom is 0.283 e. The molecule has 5 rings (SSSR count). The molecule has 2 heterocycles. The summed E-state index contributed by atoms with van der Waals surface area (Å²) < 4.78 is 11.4. The number of hydrogen-bond acceptors (Lipinski definition) is 6. The van der Waals surface area contributed by atoms with Crippen molar-refractivity contribution in [3.8, 4) is 11.5 Å². The van der Waals surface area contributed by atoms with Crippen LogP contribution in [0.2, 0.25) is 0 Å². The fraction of sp³-hybridized carbons (Fsp3) is 0.111. The van der Waals surface area contributed by atoms with E-state index in [9.17, 15) is 4.79 Å². The normalized spacial score (nSPS) is 16.1. The van der Waals surface area contributed by atoms with Gasteiger partial charge >= 0.3 is 0 Å². The Morgan fingerprint density at radius 1 is 0.857 bits per heavy atom. The first kappa shape index (κ1) is 22.6. The van der Waals surface area contributed by atoms with Gasteiger partial charge in [0.15, 0.2) is 5.84 Å². The summed E-state index contributed by atoms with van der Waals surface area (Å²) in [6.07, 6.45) is 2.28. The van der Waals surface area contributed by atoms with Crippen molar-refractivity contribution < 1.29 is 14.3 Å². The summed E-state index contributed by atoms with van der Waals surface area (Å²) in [5.41, 5.74) is 2.08. The van der Waals surface area contributed by atoms with Gasteiger partial charge in [-0.15, -0.1) is 0 Å². The number of nitrogens with one attached hydrogen (secondary N) is 1. The van der Waals surface area contributed by atoms with E-state index in [0.29, 0.717) is 30.6 Å². The Hall–Kier alpha value is -4.17. The number of benzene rings is 3. The van der Waals surface area contributed by atoms with Gasteiger partial charge < -0.3 is 9.47 Å². The molecule has 7 nitrogen and oxygen atoms in total. The molecule has 1 N–H and O–H groups in total. The zero-order chi connectivity index (χ0) is 24.0. The maximum atomic E-state index is 12.6. The second-order valence-corrected chi connectivity index (χ2v) is 8.80. The Balaban J connectivity index is 1.21. The second-order valence-electron chi connectivity index (χ2n) is 7.76. The number of ether oxygens (including phenoxy) is 2. The van der Waals surface area contributed by atoms with Crippen molar-refractivity contribution in [1.29, 1.82) is 5.41 Å². The number of amides is 1. The molecule has 8 heteroatoms. The third-order valence-electron chi connectivity index (χ3n) is 5.25. The third-order valence-corrected chi connectivity index (χ3v) is 6.16. The van der Waals surface area contributed by atoms with Crippen molar-refractivity contribution in [2.24, 2.45) is 10.1 Å². The van der Waals surface area contributed by atoms with Crippen LogP contribution >= 0.6 is 11.8 Å². The fourth-order valence-electron chi connectivity index (χ4n) is 3.54. The van der Waals surface area contributed by atoms with Crippen LogP contribution in [0.3, 0.4) is 0 Å². The predicted molar refractivity (Wildman–Crippen MR) is 139 cm³/mol. The zero-order valence-electron chi connectivity index (χ0n) is 18.8. The van der Waals surface area contributed by atoms with E-state index in [2.05, 4.69) is 10.1 Å². The van der Waals surface area contributed by atoms with Crippen LogP contribution in [0.15, 0.2) is 101 Å². The molecular weight excluding hydrogens is 460 g/mol. The lowest BCUT2D eigenvalue weighted by atomic mass is 10.1. The average molecular weight is 483 g/mol. The topological polar surface area (TPSA) is 87.3 Å². The molecule has 0 spiro atoms. The molecule has 0 atom stereocenters. The Labute approximate surface area is 207 Å². The molecule has 174 valence electrons. The van der Waals surface area contributed by atoms with Gasteiger partial charge in [0, 0.05) is 6.42 Å². The monoisotopic (exact) mass is 482 g/mol. The van der Waals surface area contributed by atoms with E-state index >= 15 is 0 Å². The van der Waals surface area contributed by atoms with Gasteiger partial charge in [-0.2, -0.15) is 15.1 Å². The van der Waals surface area contributed by atoms with Crippen LogP contribution in [0.1, 0.15) is 11.1 Å². The molecule has 1 amide bonds. The maximum absolute atomic E-state index is 12.6. The highest BCUT2D eigenvalue weighted by Crippen LogP contribution is 2.29. The lowest BCUT2D eigenvalue weighted by Gasteiger charge is -2.20. The Bertz CT molecular complexity index is 1320. The molecule has 3 aromatic rings. The number of rotatable bonds is 8. The van der Waals surface area contributed by atoms with E-state index in [1.165, 1.54) is 16.8 Å². The minimum absolute atomic E-state index is 0.0222. The molecule has 0 unspecified atom stereocenters. The van der Waals surface area contributed by atoms with Gasteiger partial charge in [-0.3, -0.25) is 10.2 Å². The van der Waals surface area contributed by atoms with Crippen molar-refractivity contribution >= 4 is 39.8 Å². The molecule has 2 aliphatic rings. The fourth-order valence-corrected chi connectivity index (χ4v) is 4.46. The quantitative estimate of drug-likeness (QED) is 0.360. The first-order valence-corrected chi connectivity index (χ1v) is 11.9. The number of aliphatic imine (C=N–C) groups is 1. The molecule has 0 saturated heterocycles. The number of para-hydroxylation sites is 1. The van der Waals surface area contributed by atoms with Crippen molar-refractivity contribution in [2.75, 3.05) is 13.2 Å². The van der Waals surface area contributed by atoms with Crippen molar-refractivity contribution in [3.63, 3.8) is 0 Å². The highest BCUT2D eigenvalue weighted by molar-refractivity contribution is 8.26. The summed E-state index contributed by atoms with van der Waals surface area (Å²) in [6, 6.07) is 26.8. The molecule has 0 saturated carbocycles. The summed E-state index contributed by atoms with van der Waals surface area (Å²) >= 11 is 1.33. The van der Waals surface area contributed by atoms with E-state index in [0.717, 1.165) is 21.9 Å².